The fraction of sp³-hybridized carbons (Fsp3) is 1.00. The van der Waals surface area contributed by atoms with Gasteiger partial charge in [0.05, 0.1) is 13.2 Å². The lowest BCUT2D eigenvalue weighted by atomic mass is 9.68. The van der Waals surface area contributed by atoms with Crippen molar-refractivity contribution in [3.05, 3.63) is 0 Å². The van der Waals surface area contributed by atoms with E-state index in [4.69, 9.17) is 4.74 Å². The summed E-state index contributed by atoms with van der Waals surface area (Å²) in [5, 5.41) is 2.12. The van der Waals surface area contributed by atoms with Gasteiger partial charge in [-0.3, -0.25) is 5.43 Å². The van der Waals surface area contributed by atoms with Crippen LogP contribution in [0.2, 0.25) is 0 Å². The summed E-state index contributed by atoms with van der Waals surface area (Å²) < 4.78 is 18.3. The maximum absolute atomic E-state index is 12.8. The predicted octanol–water partition coefficient (Wildman–Crippen LogP) is 0.571. The van der Waals surface area contributed by atoms with Crippen LogP contribution in [-0.4, -0.2) is 44.5 Å². The van der Waals surface area contributed by atoms with E-state index in [-0.39, 0.29) is 5.41 Å². The zero-order valence-corrected chi connectivity index (χ0v) is 8.05. The molecule has 1 aliphatic heterocycles. The van der Waals surface area contributed by atoms with Crippen LogP contribution in [0.15, 0.2) is 0 Å². The van der Waals surface area contributed by atoms with Crippen LogP contribution in [-0.2, 0) is 4.74 Å². The second-order valence-electron chi connectivity index (χ2n) is 4.20. The smallest absolute Gasteiger partial charge is 0.101 e. The third-order valence-electron chi connectivity index (χ3n) is 3.07. The lowest BCUT2D eigenvalue weighted by Gasteiger charge is -2.44. The average molecular weight is 188 g/mol. The first kappa shape index (κ1) is 9.37. The zero-order valence-electron chi connectivity index (χ0n) is 8.05. The van der Waals surface area contributed by atoms with Crippen LogP contribution in [0.4, 0.5) is 4.39 Å². The molecule has 0 aromatic heterocycles. The van der Waals surface area contributed by atoms with Gasteiger partial charge in [-0.15, -0.1) is 0 Å². The van der Waals surface area contributed by atoms with Crippen LogP contribution >= 0.6 is 0 Å². The first-order chi connectivity index (χ1) is 6.24. The van der Waals surface area contributed by atoms with Crippen LogP contribution in [0, 0.1) is 5.41 Å². The summed E-state index contributed by atoms with van der Waals surface area (Å²) in [4.78, 5) is 0. The van der Waals surface area contributed by atoms with Crippen molar-refractivity contribution in [3.63, 3.8) is 0 Å². The molecule has 0 radical (unpaired) electrons. The lowest BCUT2D eigenvalue weighted by Crippen LogP contribution is -2.51. The van der Waals surface area contributed by atoms with Crippen LogP contribution in [0.1, 0.15) is 12.8 Å². The minimum absolute atomic E-state index is 0.0962. The normalized spacial score (nSPS) is 41.5. The molecule has 0 aromatic carbocycles. The van der Waals surface area contributed by atoms with Crippen molar-refractivity contribution < 1.29 is 9.13 Å². The molecule has 13 heavy (non-hydrogen) atoms. The van der Waals surface area contributed by atoms with Crippen LogP contribution in [0.25, 0.3) is 0 Å². The van der Waals surface area contributed by atoms with Crippen molar-refractivity contribution in [2.45, 2.75) is 19.0 Å². The zero-order chi connectivity index (χ0) is 9.31. The second kappa shape index (κ2) is 3.52. The van der Waals surface area contributed by atoms with Crippen molar-refractivity contribution in [2.24, 2.45) is 5.41 Å². The largest absolute Gasteiger partial charge is 0.379 e. The van der Waals surface area contributed by atoms with E-state index >= 15 is 0 Å². The van der Waals surface area contributed by atoms with E-state index in [1.807, 2.05) is 7.05 Å². The molecule has 0 unspecified atom stereocenters. The number of alkyl halides is 1. The summed E-state index contributed by atoms with van der Waals surface area (Å²) in [7, 11) is 1.91. The topological polar surface area (TPSA) is 24.5 Å². The number of nitrogens with one attached hydrogen (secondary N) is 1. The molecule has 2 fully saturated rings. The van der Waals surface area contributed by atoms with E-state index < -0.39 is 6.17 Å². The van der Waals surface area contributed by atoms with E-state index in [9.17, 15) is 4.39 Å². The minimum Gasteiger partial charge on any atom is -0.379 e. The molecule has 2 rings (SSSR count). The van der Waals surface area contributed by atoms with Gasteiger partial charge in [-0.2, -0.15) is 0 Å². The molecule has 3 nitrogen and oxygen atoms in total. The van der Waals surface area contributed by atoms with Gasteiger partial charge in [-0.25, -0.2) is 9.40 Å². The van der Waals surface area contributed by atoms with E-state index in [1.165, 1.54) is 0 Å². The van der Waals surface area contributed by atoms with E-state index in [2.05, 4.69) is 10.4 Å². The molecule has 2 aliphatic rings. The van der Waals surface area contributed by atoms with Crippen molar-refractivity contribution in [2.75, 3.05) is 33.4 Å². The number of rotatable bonds is 1. The molecule has 76 valence electrons. The third-order valence-corrected chi connectivity index (χ3v) is 3.07. The van der Waals surface area contributed by atoms with Crippen LogP contribution < -0.4 is 5.43 Å². The van der Waals surface area contributed by atoms with Gasteiger partial charge in [0, 0.05) is 18.5 Å². The maximum Gasteiger partial charge on any atom is 0.101 e. The first-order valence-electron chi connectivity index (χ1n) is 4.88. The summed E-state index contributed by atoms with van der Waals surface area (Å²) in [5.41, 5.74) is 3.21. The molecule has 1 spiro atoms. The summed E-state index contributed by atoms with van der Waals surface area (Å²) in [5.74, 6) is 0. The van der Waals surface area contributed by atoms with Gasteiger partial charge in [0.15, 0.2) is 0 Å². The highest BCUT2D eigenvalue weighted by Crippen LogP contribution is 2.44. The Morgan fingerprint density at radius 2 is 2.31 bits per heavy atom. The van der Waals surface area contributed by atoms with Gasteiger partial charge < -0.3 is 4.74 Å². The Morgan fingerprint density at radius 3 is 2.92 bits per heavy atom. The maximum atomic E-state index is 12.8. The molecular formula is C9H17FN2O. The number of ether oxygens (including phenoxy) is 1. The Kier molecular flexibility index (Phi) is 2.53. The second-order valence-corrected chi connectivity index (χ2v) is 4.20. The fourth-order valence-corrected chi connectivity index (χ4v) is 2.31. The molecule has 1 saturated heterocycles. The van der Waals surface area contributed by atoms with Crippen molar-refractivity contribution in [1.82, 2.24) is 10.4 Å². The molecule has 1 N–H and O–H groups in total. The first-order valence-corrected chi connectivity index (χ1v) is 4.88. The van der Waals surface area contributed by atoms with Gasteiger partial charge in [-0.1, -0.05) is 0 Å². The predicted molar refractivity (Wildman–Crippen MR) is 48.0 cm³/mol. The van der Waals surface area contributed by atoms with E-state index in [1.54, 1.807) is 0 Å². The Balaban J connectivity index is 1.95. The quantitative estimate of drug-likeness (QED) is 0.651. The molecule has 0 aromatic rings. The summed E-state index contributed by atoms with van der Waals surface area (Å²) in [6, 6.07) is 0. The number of halogens is 1. The molecular weight excluding hydrogens is 171 g/mol. The molecule has 4 heteroatoms. The highest BCUT2D eigenvalue weighted by Gasteiger charge is 2.46. The molecule has 0 bridgehead atoms. The number of nitrogens with zero attached hydrogens (tertiary/aromatic N) is 1. The number of hydrazine groups is 1. The van der Waals surface area contributed by atoms with Crippen LogP contribution in [0.5, 0.6) is 0 Å². The van der Waals surface area contributed by atoms with Crippen molar-refractivity contribution in [3.8, 4) is 0 Å². The number of hydrogen-bond donors (Lipinski definition) is 1. The Hall–Kier alpha value is -0.190. The Morgan fingerprint density at radius 1 is 1.54 bits per heavy atom. The van der Waals surface area contributed by atoms with E-state index in [0.717, 1.165) is 26.3 Å². The van der Waals surface area contributed by atoms with Gasteiger partial charge in [0.25, 0.3) is 0 Å². The van der Waals surface area contributed by atoms with E-state index in [0.29, 0.717) is 12.8 Å². The summed E-state index contributed by atoms with van der Waals surface area (Å²) in [6.07, 6.45) is 0.747. The van der Waals surface area contributed by atoms with Gasteiger partial charge in [0.1, 0.15) is 6.17 Å². The minimum atomic E-state index is -0.597. The van der Waals surface area contributed by atoms with Crippen molar-refractivity contribution in [1.29, 1.82) is 0 Å². The molecule has 1 heterocycles. The van der Waals surface area contributed by atoms with Gasteiger partial charge in [-0.05, 0) is 19.9 Å². The van der Waals surface area contributed by atoms with Crippen molar-refractivity contribution >= 4 is 0 Å². The average Bonchev–Trinajstić information content (AvgIpc) is 2.26. The highest BCUT2D eigenvalue weighted by molar-refractivity contribution is 4.96. The molecule has 1 aliphatic carbocycles. The highest BCUT2D eigenvalue weighted by atomic mass is 19.1. The van der Waals surface area contributed by atoms with Gasteiger partial charge >= 0.3 is 0 Å². The molecule has 0 atom stereocenters. The summed E-state index contributed by atoms with van der Waals surface area (Å²) in [6.45, 7) is 3.30. The Labute approximate surface area is 78.2 Å². The third kappa shape index (κ3) is 1.85. The monoisotopic (exact) mass is 188 g/mol. The molecule has 0 amide bonds. The Bertz CT molecular complexity index is 182. The fourth-order valence-electron chi connectivity index (χ4n) is 2.31. The number of hydrogen-bond acceptors (Lipinski definition) is 3. The van der Waals surface area contributed by atoms with Gasteiger partial charge in [0.2, 0.25) is 0 Å². The lowest BCUT2D eigenvalue weighted by molar-refractivity contribution is -0.0458. The molecule has 1 saturated carbocycles. The summed E-state index contributed by atoms with van der Waals surface area (Å²) >= 11 is 0. The SMILES string of the molecule is CNN1CCOCC2(CC(F)C2)C1. The standard InChI is InChI=1S/C9H17FN2O/c1-11-12-2-3-13-7-9(6-12)4-8(10)5-9/h8,11H,2-7H2,1H3. The van der Waals surface area contributed by atoms with Crippen LogP contribution in [0.3, 0.4) is 0 Å².